The van der Waals surface area contributed by atoms with Crippen molar-refractivity contribution < 1.29 is 27.1 Å². The van der Waals surface area contributed by atoms with Gasteiger partial charge in [-0.25, -0.2) is 17.9 Å². The number of nitrogens with zero attached hydrogens (tertiary/aromatic N) is 1. The van der Waals surface area contributed by atoms with Crippen molar-refractivity contribution in [3.05, 3.63) is 53.5 Å². The average molecular weight is 506 g/mol. The van der Waals surface area contributed by atoms with Crippen LogP contribution >= 0.6 is 0 Å². The number of carbonyl (C=O) groups is 1. The molecule has 190 valence electrons. The van der Waals surface area contributed by atoms with Gasteiger partial charge >= 0.3 is 0 Å². The number of benzene rings is 2. The van der Waals surface area contributed by atoms with Gasteiger partial charge in [0.05, 0.1) is 31.6 Å². The Morgan fingerprint density at radius 2 is 1.77 bits per heavy atom. The molecule has 0 saturated carbocycles. The number of sulfonamides is 1. The zero-order chi connectivity index (χ0) is 26.3. The summed E-state index contributed by atoms with van der Waals surface area (Å²) in [5.74, 6) is 0.685. The zero-order valence-corrected chi connectivity index (χ0v) is 21.6. The maximum absolute atomic E-state index is 13.1. The second kappa shape index (κ2) is 11.9. The number of nitrogens with two attached hydrogens (primary N) is 1. The van der Waals surface area contributed by atoms with Crippen LogP contribution in [0.2, 0.25) is 0 Å². The number of aryl methyl sites for hydroxylation is 1. The number of carbonyl (C=O) groups excluding carboxylic acids is 1. The summed E-state index contributed by atoms with van der Waals surface area (Å²) in [5, 5.41) is 8.63. The van der Waals surface area contributed by atoms with Crippen molar-refractivity contribution in [3.63, 3.8) is 0 Å². The van der Waals surface area contributed by atoms with Crippen LogP contribution in [0.25, 0.3) is 10.9 Å². The van der Waals surface area contributed by atoms with Crippen LogP contribution in [0.3, 0.4) is 0 Å². The number of hydrogen-bond donors (Lipinski definition) is 2. The van der Waals surface area contributed by atoms with Gasteiger partial charge in [0.15, 0.2) is 11.5 Å². The highest BCUT2D eigenvalue weighted by atomic mass is 32.2. The van der Waals surface area contributed by atoms with Gasteiger partial charge in [-0.15, -0.1) is 0 Å². The van der Waals surface area contributed by atoms with Crippen LogP contribution in [0.1, 0.15) is 51.2 Å². The van der Waals surface area contributed by atoms with E-state index in [4.69, 9.17) is 14.6 Å². The van der Waals surface area contributed by atoms with Crippen molar-refractivity contribution in [2.45, 2.75) is 51.3 Å². The fourth-order valence-electron chi connectivity index (χ4n) is 3.56. The molecular weight excluding hydrogens is 473 g/mol. The SMILES string of the molecule is CCC(C)c1c(NC(C)=O)cnc2cc(OC)c(OC)cc12.CCc1ccc(S(N)(=O)=O)c(F)c1. The van der Waals surface area contributed by atoms with Gasteiger partial charge in [0.1, 0.15) is 10.7 Å². The Labute approximate surface area is 205 Å². The van der Waals surface area contributed by atoms with Crippen molar-refractivity contribution in [1.29, 1.82) is 0 Å². The smallest absolute Gasteiger partial charge is 0.240 e. The first-order valence-corrected chi connectivity index (χ1v) is 12.6. The number of primary sulfonamides is 1. The summed E-state index contributed by atoms with van der Waals surface area (Å²) >= 11 is 0. The van der Waals surface area contributed by atoms with E-state index >= 15 is 0 Å². The number of fused-ring (bicyclic) bond motifs is 1. The highest BCUT2D eigenvalue weighted by Crippen LogP contribution is 2.38. The summed E-state index contributed by atoms with van der Waals surface area (Å²) < 4.78 is 45.4. The molecule has 8 nitrogen and oxygen atoms in total. The Balaban J connectivity index is 0.000000283. The van der Waals surface area contributed by atoms with Crippen LogP contribution in [0.4, 0.5) is 10.1 Å². The number of aromatic nitrogens is 1. The summed E-state index contributed by atoms with van der Waals surface area (Å²) in [5.41, 5.74) is 3.39. The van der Waals surface area contributed by atoms with Crippen LogP contribution in [-0.2, 0) is 21.2 Å². The first-order chi connectivity index (χ1) is 16.5. The third-order valence-electron chi connectivity index (χ3n) is 5.54. The quantitative estimate of drug-likeness (QED) is 0.478. The fourth-order valence-corrected chi connectivity index (χ4v) is 4.15. The molecule has 1 atom stereocenters. The number of methoxy groups -OCH3 is 2. The molecule has 0 aliphatic carbocycles. The minimum Gasteiger partial charge on any atom is -0.493 e. The normalized spacial score (nSPS) is 11.9. The third-order valence-corrected chi connectivity index (χ3v) is 6.49. The number of rotatable bonds is 7. The Morgan fingerprint density at radius 1 is 1.14 bits per heavy atom. The lowest BCUT2D eigenvalue weighted by atomic mass is 9.93. The summed E-state index contributed by atoms with van der Waals surface area (Å²) in [6.45, 7) is 7.61. The van der Waals surface area contributed by atoms with Crippen LogP contribution in [0.15, 0.2) is 41.4 Å². The standard InChI is InChI=1S/C17H22N2O3.C8H10FNO2S/c1-6-10(2)17-12-7-15(21-4)16(22-5)8-13(12)18-9-14(17)19-11(3)20;1-2-6-3-4-8(7(9)5-6)13(10,11)12/h7-10H,6H2,1-5H3,(H,19,20);3-5H,2H2,1H3,(H2,10,11,12). The lowest BCUT2D eigenvalue weighted by Crippen LogP contribution is -2.14. The Kier molecular flexibility index (Phi) is 9.55. The highest BCUT2D eigenvalue weighted by Gasteiger charge is 2.18. The summed E-state index contributed by atoms with van der Waals surface area (Å²) in [7, 11) is -0.723. The van der Waals surface area contributed by atoms with Crippen LogP contribution in [0, 0.1) is 5.82 Å². The van der Waals surface area contributed by atoms with E-state index in [9.17, 15) is 17.6 Å². The van der Waals surface area contributed by atoms with Crippen molar-refractivity contribution in [3.8, 4) is 11.5 Å². The molecule has 10 heteroatoms. The van der Waals surface area contributed by atoms with Crippen molar-refractivity contribution in [2.24, 2.45) is 5.14 Å². The summed E-state index contributed by atoms with van der Waals surface area (Å²) in [6, 6.07) is 7.69. The molecule has 3 rings (SSSR count). The van der Waals surface area contributed by atoms with Gasteiger partial charge in [0.25, 0.3) is 0 Å². The molecule has 0 spiro atoms. The minimum atomic E-state index is -3.93. The molecule has 2 aromatic carbocycles. The predicted octanol–water partition coefficient (Wildman–Crippen LogP) is 4.76. The Bertz CT molecular complexity index is 1310. The van der Waals surface area contributed by atoms with Gasteiger partial charge in [-0.3, -0.25) is 9.78 Å². The van der Waals surface area contributed by atoms with E-state index in [0.717, 1.165) is 34.1 Å². The maximum Gasteiger partial charge on any atom is 0.240 e. The number of anilines is 1. The number of nitrogens with one attached hydrogen (secondary N) is 1. The second-order valence-electron chi connectivity index (χ2n) is 7.96. The molecule has 0 bridgehead atoms. The van der Waals surface area contributed by atoms with E-state index in [0.29, 0.717) is 17.9 Å². The monoisotopic (exact) mass is 505 g/mol. The molecule has 0 aliphatic rings. The molecule has 1 amide bonds. The van der Waals surface area contributed by atoms with E-state index in [-0.39, 0.29) is 11.8 Å². The zero-order valence-electron chi connectivity index (χ0n) is 20.8. The molecule has 0 fully saturated rings. The summed E-state index contributed by atoms with van der Waals surface area (Å²) in [4.78, 5) is 15.4. The highest BCUT2D eigenvalue weighted by molar-refractivity contribution is 7.89. The predicted molar refractivity (Wildman–Crippen MR) is 135 cm³/mol. The van der Waals surface area contributed by atoms with Gasteiger partial charge in [-0.2, -0.15) is 0 Å². The molecule has 0 aliphatic heterocycles. The lowest BCUT2D eigenvalue weighted by molar-refractivity contribution is -0.114. The van der Waals surface area contributed by atoms with Gasteiger partial charge in [0.2, 0.25) is 15.9 Å². The molecule has 0 saturated heterocycles. The molecule has 1 heterocycles. The Morgan fingerprint density at radius 3 is 2.26 bits per heavy atom. The van der Waals surface area contributed by atoms with E-state index in [1.165, 1.54) is 19.1 Å². The Hall–Kier alpha value is -3.24. The van der Waals surface area contributed by atoms with E-state index in [1.807, 2.05) is 19.1 Å². The molecule has 3 aromatic rings. The largest absolute Gasteiger partial charge is 0.493 e. The number of hydrogen-bond acceptors (Lipinski definition) is 6. The van der Waals surface area contributed by atoms with Gasteiger partial charge in [0, 0.05) is 18.4 Å². The van der Waals surface area contributed by atoms with Crippen LogP contribution in [0.5, 0.6) is 11.5 Å². The molecule has 1 aromatic heterocycles. The van der Waals surface area contributed by atoms with Gasteiger partial charge < -0.3 is 14.8 Å². The average Bonchev–Trinajstić information content (AvgIpc) is 2.81. The lowest BCUT2D eigenvalue weighted by Gasteiger charge is -2.19. The first-order valence-electron chi connectivity index (χ1n) is 11.1. The van der Waals surface area contributed by atoms with E-state index < -0.39 is 20.7 Å². The number of amides is 1. The third kappa shape index (κ3) is 6.89. The topological polar surface area (TPSA) is 121 Å². The fraction of sp³-hybridized carbons (Fsp3) is 0.360. The minimum absolute atomic E-state index is 0.105. The number of pyridine rings is 1. The van der Waals surface area contributed by atoms with Crippen LogP contribution in [-0.4, -0.2) is 33.5 Å². The second-order valence-corrected chi connectivity index (χ2v) is 9.49. The number of ether oxygens (including phenoxy) is 2. The van der Waals surface area contributed by atoms with E-state index in [2.05, 4.69) is 24.1 Å². The molecular formula is C25H32FN3O5S. The molecule has 0 radical (unpaired) electrons. The number of halogens is 1. The van der Waals surface area contributed by atoms with E-state index in [1.54, 1.807) is 26.5 Å². The van der Waals surface area contributed by atoms with Gasteiger partial charge in [-0.1, -0.05) is 26.8 Å². The van der Waals surface area contributed by atoms with Crippen molar-refractivity contribution in [2.75, 3.05) is 19.5 Å². The first kappa shape index (κ1) is 28.0. The molecule has 35 heavy (non-hydrogen) atoms. The maximum atomic E-state index is 13.1. The molecule has 3 N–H and O–H groups in total. The van der Waals surface area contributed by atoms with Crippen molar-refractivity contribution >= 4 is 32.5 Å². The molecule has 1 unspecified atom stereocenters. The summed E-state index contributed by atoms with van der Waals surface area (Å²) in [6.07, 6.45) is 3.32. The van der Waals surface area contributed by atoms with Gasteiger partial charge in [-0.05, 0) is 48.1 Å². The van der Waals surface area contributed by atoms with Crippen LogP contribution < -0.4 is 19.9 Å². The van der Waals surface area contributed by atoms with Crippen molar-refractivity contribution in [1.82, 2.24) is 4.98 Å².